The Balaban J connectivity index is 2.16. The van der Waals surface area contributed by atoms with Crippen LogP contribution in [-0.4, -0.2) is 28.5 Å². The summed E-state index contributed by atoms with van der Waals surface area (Å²) >= 11 is 0. The summed E-state index contributed by atoms with van der Waals surface area (Å²) in [7, 11) is 0. The summed E-state index contributed by atoms with van der Waals surface area (Å²) < 4.78 is 19.0. The lowest BCUT2D eigenvalue weighted by Gasteiger charge is -2.25. The minimum Gasteiger partial charge on any atom is -0.424 e. The van der Waals surface area contributed by atoms with E-state index in [0.29, 0.717) is 5.69 Å². The Morgan fingerprint density at radius 1 is 1.42 bits per heavy atom. The highest BCUT2D eigenvalue weighted by molar-refractivity contribution is 6.05. The van der Waals surface area contributed by atoms with Gasteiger partial charge in [-0.1, -0.05) is 12.7 Å². The predicted octanol–water partition coefficient (Wildman–Crippen LogP) is 2.64. The first-order valence-corrected chi connectivity index (χ1v) is 7.23. The molecule has 0 saturated carbocycles. The second-order valence-corrected chi connectivity index (χ2v) is 4.91. The lowest BCUT2D eigenvalue weighted by molar-refractivity contribution is -0.120. The lowest BCUT2D eigenvalue weighted by atomic mass is 10.2. The summed E-state index contributed by atoms with van der Waals surface area (Å²) in [4.78, 5) is 32.2. The van der Waals surface area contributed by atoms with Gasteiger partial charge in [-0.15, -0.1) is 0 Å². The quantitative estimate of drug-likeness (QED) is 0.662. The van der Waals surface area contributed by atoms with Crippen LogP contribution >= 0.6 is 0 Å². The van der Waals surface area contributed by atoms with Gasteiger partial charge in [-0.25, -0.2) is 19.2 Å². The number of anilines is 1. The van der Waals surface area contributed by atoms with E-state index >= 15 is 0 Å². The third-order valence-corrected chi connectivity index (χ3v) is 3.35. The van der Waals surface area contributed by atoms with Crippen LogP contribution in [-0.2, 0) is 4.79 Å². The summed E-state index contributed by atoms with van der Waals surface area (Å²) in [5.41, 5.74) is 0.696. The molecule has 1 aliphatic heterocycles. The summed E-state index contributed by atoms with van der Waals surface area (Å²) in [6, 6.07) is -0.536. The average molecular weight is 332 g/mol. The first-order chi connectivity index (χ1) is 11.5. The van der Waals surface area contributed by atoms with Crippen molar-refractivity contribution in [1.29, 1.82) is 0 Å². The van der Waals surface area contributed by atoms with Crippen molar-refractivity contribution in [3.8, 4) is 6.01 Å². The molecule has 0 atom stereocenters. The van der Waals surface area contributed by atoms with E-state index in [-0.39, 0.29) is 36.2 Å². The molecule has 1 N–H and O–H groups in total. The van der Waals surface area contributed by atoms with Crippen LogP contribution < -0.4 is 15.0 Å². The van der Waals surface area contributed by atoms with E-state index in [1.807, 2.05) is 0 Å². The van der Waals surface area contributed by atoms with Crippen LogP contribution in [0.15, 0.2) is 48.3 Å². The molecule has 2 heterocycles. The second-order valence-electron chi connectivity index (χ2n) is 4.91. The Labute approximate surface area is 138 Å². The van der Waals surface area contributed by atoms with Gasteiger partial charge in [0.05, 0.1) is 18.1 Å². The molecule has 0 spiro atoms. The normalized spacial score (nSPS) is 16.5. The molecule has 1 fully saturated rings. The van der Waals surface area contributed by atoms with Crippen LogP contribution in [0.25, 0.3) is 0 Å². The molecule has 0 unspecified atom stereocenters. The topological polar surface area (TPSA) is 84.4 Å². The summed E-state index contributed by atoms with van der Waals surface area (Å²) in [6.07, 6.45) is 5.65. The zero-order valence-corrected chi connectivity index (χ0v) is 13.4. The molecule has 0 aromatic carbocycles. The van der Waals surface area contributed by atoms with Gasteiger partial charge in [0.15, 0.2) is 0 Å². The molecule has 1 aromatic heterocycles. The zero-order valence-electron chi connectivity index (χ0n) is 13.4. The van der Waals surface area contributed by atoms with Gasteiger partial charge in [0.1, 0.15) is 11.6 Å². The number of rotatable bonds is 5. The molecule has 1 saturated heterocycles. The molecule has 0 radical (unpaired) electrons. The van der Waals surface area contributed by atoms with Crippen LogP contribution in [0.1, 0.15) is 20.3 Å². The Morgan fingerprint density at radius 3 is 2.62 bits per heavy atom. The third-order valence-electron chi connectivity index (χ3n) is 3.35. The number of hydrogen-bond donors (Lipinski definition) is 1. The number of carbonyl (C=O) groups is 2. The zero-order chi connectivity index (χ0) is 17.7. The van der Waals surface area contributed by atoms with Gasteiger partial charge >= 0.3 is 12.0 Å². The fourth-order valence-corrected chi connectivity index (χ4v) is 2.02. The number of aromatic nitrogens is 2. The highest BCUT2D eigenvalue weighted by Crippen LogP contribution is 2.21. The number of nitrogens with zero attached hydrogens (tertiary/aromatic N) is 3. The molecule has 7 nitrogen and oxygen atoms in total. The summed E-state index contributed by atoms with van der Waals surface area (Å²) in [5, 5.41) is 2.21. The van der Waals surface area contributed by atoms with Crippen molar-refractivity contribution in [1.82, 2.24) is 15.3 Å². The molecule has 126 valence electrons. The van der Waals surface area contributed by atoms with Crippen molar-refractivity contribution >= 4 is 17.6 Å². The smallest absolute Gasteiger partial charge is 0.328 e. The van der Waals surface area contributed by atoms with E-state index < -0.39 is 11.9 Å². The van der Waals surface area contributed by atoms with Crippen LogP contribution in [0, 0.1) is 0 Å². The van der Waals surface area contributed by atoms with E-state index in [4.69, 9.17) is 4.74 Å². The van der Waals surface area contributed by atoms with Gasteiger partial charge in [0, 0.05) is 18.5 Å². The van der Waals surface area contributed by atoms with E-state index in [1.54, 1.807) is 13.8 Å². The predicted molar refractivity (Wildman–Crippen MR) is 85.9 cm³/mol. The standard InChI is InChI=1S/C16H17FN4O3/c1-4-12(17)10(3)13(5-2)24-15-18-8-11(9-19-15)21-7-6-14(22)20-16(21)23/h4-5,8-9H,2,6-7H2,1,3H3,(H,20,22,23)/b12-4+,13-10+. The summed E-state index contributed by atoms with van der Waals surface area (Å²) in [6.45, 7) is 6.95. The number of allylic oxidation sites excluding steroid dienone is 4. The molecule has 0 bridgehead atoms. The van der Waals surface area contributed by atoms with Crippen molar-refractivity contribution in [2.24, 2.45) is 0 Å². The number of carbonyl (C=O) groups excluding carboxylic acids is 2. The number of urea groups is 1. The third kappa shape index (κ3) is 3.83. The largest absolute Gasteiger partial charge is 0.424 e. The van der Waals surface area contributed by atoms with Crippen molar-refractivity contribution in [3.05, 3.63) is 48.3 Å². The van der Waals surface area contributed by atoms with Gasteiger partial charge in [-0.2, -0.15) is 0 Å². The molecular weight excluding hydrogens is 315 g/mol. The second kappa shape index (κ2) is 7.49. The Morgan fingerprint density at radius 2 is 2.08 bits per heavy atom. The number of halogens is 1. The molecule has 8 heteroatoms. The van der Waals surface area contributed by atoms with E-state index in [9.17, 15) is 14.0 Å². The maximum absolute atomic E-state index is 13.6. The van der Waals surface area contributed by atoms with Crippen LogP contribution in [0.5, 0.6) is 6.01 Å². The highest BCUT2D eigenvalue weighted by Gasteiger charge is 2.24. The van der Waals surface area contributed by atoms with Crippen LogP contribution in [0.3, 0.4) is 0 Å². The van der Waals surface area contributed by atoms with Gasteiger partial charge in [-0.3, -0.25) is 15.0 Å². The highest BCUT2D eigenvalue weighted by atomic mass is 19.1. The number of ether oxygens (including phenoxy) is 1. The lowest BCUT2D eigenvalue weighted by Crippen LogP contribution is -2.49. The Bertz CT molecular complexity index is 725. The summed E-state index contributed by atoms with van der Waals surface area (Å²) in [5.74, 6) is -0.560. The first-order valence-electron chi connectivity index (χ1n) is 7.23. The van der Waals surface area contributed by atoms with E-state index in [0.717, 1.165) is 0 Å². The van der Waals surface area contributed by atoms with Gasteiger partial charge in [0.2, 0.25) is 5.91 Å². The fraction of sp³-hybridized carbons (Fsp3) is 0.250. The number of imide groups is 1. The van der Waals surface area contributed by atoms with Crippen molar-refractivity contribution in [2.75, 3.05) is 11.4 Å². The maximum atomic E-state index is 13.6. The van der Waals surface area contributed by atoms with Gasteiger partial charge in [0.25, 0.3) is 0 Å². The monoisotopic (exact) mass is 332 g/mol. The number of nitrogens with one attached hydrogen (secondary N) is 1. The van der Waals surface area contributed by atoms with Gasteiger partial charge in [-0.05, 0) is 19.9 Å². The molecule has 1 aliphatic rings. The van der Waals surface area contributed by atoms with Crippen molar-refractivity contribution in [2.45, 2.75) is 20.3 Å². The van der Waals surface area contributed by atoms with Gasteiger partial charge < -0.3 is 4.74 Å². The minimum absolute atomic E-state index is 0.00889. The Kier molecular flexibility index (Phi) is 5.41. The maximum Gasteiger partial charge on any atom is 0.328 e. The Hall–Kier alpha value is -3.03. The number of hydrogen-bond acceptors (Lipinski definition) is 5. The fourth-order valence-electron chi connectivity index (χ4n) is 2.02. The van der Waals surface area contributed by atoms with Crippen molar-refractivity contribution < 1.29 is 18.7 Å². The molecular formula is C16H17FN4O3. The average Bonchev–Trinajstić information content (AvgIpc) is 2.59. The van der Waals surface area contributed by atoms with E-state index in [1.165, 1.54) is 29.4 Å². The number of amides is 3. The van der Waals surface area contributed by atoms with Crippen molar-refractivity contribution in [3.63, 3.8) is 0 Å². The first kappa shape index (κ1) is 17.3. The van der Waals surface area contributed by atoms with Crippen LogP contribution in [0.2, 0.25) is 0 Å². The molecule has 3 amide bonds. The molecule has 24 heavy (non-hydrogen) atoms. The SMILES string of the molecule is C=C/C(Oc1ncc(N2CCC(=O)NC2=O)cn1)=C(C)\C(F)=C/C. The van der Waals surface area contributed by atoms with E-state index in [2.05, 4.69) is 21.9 Å². The minimum atomic E-state index is -0.527. The molecule has 1 aromatic rings. The van der Waals surface area contributed by atoms with Crippen LogP contribution in [0.4, 0.5) is 14.9 Å². The molecule has 2 rings (SSSR count). The molecule has 0 aliphatic carbocycles.